The van der Waals surface area contributed by atoms with Gasteiger partial charge in [0.1, 0.15) is 5.41 Å². The van der Waals surface area contributed by atoms with E-state index in [2.05, 4.69) is 15.3 Å². The first kappa shape index (κ1) is 19.4. The van der Waals surface area contributed by atoms with Crippen LogP contribution in [0.15, 0.2) is 42.7 Å². The van der Waals surface area contributed by atoms with Crippen LogP contribution in [0, 0.1) is 0 Å². The third kappa shape index (κ3) is 3.98. The minimum absolute atomic E-state index is 0.193. The normalized spacial score (nSPS) is 13.7. The van der Waals surface area contributed by atoms with Crippen molar-refractivity contribution in [3.8, 4) is 0 Å². The van der Waals surface area contributed by atoms with Crippen LogP contribution in [0.25, 0.3) is 0 Å². The number of nitrogens with one attached hydrogen (secondary N) is 1. The van der Waals surface area contributed by atoms with Gasteiger partial charge in [-0.3, -0.25) is 9.59 Å². The molecular formula is C17H16F3N3O3. The van der Waals surface area contributed by atoms with E-state index in [9.17, 15) is 27.9 Å². The molecule has 2 rings (SSSR count). The smallest absolute Gasteiger partial charge is 0.451 e. The van der Waals surface area contributed by atoms with Gasteiger partial charge in [-0.1, -0.05) is 37.3 Å². The number of rotatable bonds is 6. The van der Waals surface area contributed by atoms with Gasteiger partial charge in [-0.2, -0.15) is 13.2 Å². The van der Waals surface area contributed by atoms with E-state index >= 15 is 0 Å². The van der Waals surface area contributed by atoms with Crippen molar-refractivity contribution in [3.63, 3.8) is 0 Å². The maximum Gasteiger partial charge on any atom is 0.451 e. The second-order valence-electron chi connectivity index (χ2n) is 5.58. The Labute approximate surface area is 147 Å². The summed E-state index contributed by atoms with van der Waals surface area (Å²) in [5.74, 6) is -3.23. The second kappa shape index (κ2) is 7.51. The summed E-state index contributed by atoms with van der Waals surface area (Å²) >= 11 is 0. The summed E-state index contributed by atoms with van der Waals surface area (Å²) in [7, 11) is 0. The van der Waals surface area contributed by atoms with Gasteiger partial charge in [0, 0.05) is 18.9 Å². The molecule has 1 aromatic heterocycles. The van der Waals surface area contributed by atoms with E-state index in [0.717, 1.165) is 12.4 Å². The predicted octanol–water partition coefficient (Wildman–Crippen LogP) is 2.66. The third-order valence-electron chi connectivity index (χ3n) is 4.06. The minimum Gasteiger partial charge on any atom is -0.481 e. The van der Waals surface area contributed by atoms with Crippen molar-refractivity contribution in [2.45, 2.75) is 24.9 Å². The molecule has 9 heteroatoms. The topological polar surface area (TPSA) is 92.2 Å². The van der Waals surface area contributed by atoms with Crippen LogP contribution in [-0.2, 0) is 16.4 Å². The van der Waals surface area contributed by atoms with Gasteiger partial charge in [-0.25, -0.2) is 9.97 Å². The van der Waals surface area contributed by atoms with Crippen molar-refractivity contribution < 1.29 is 27.9 Å². The summed E-state index contributed by atoms with van der Waals surface area (Å²) in [5.41, 5.74) is -1.04. The summed E-state index contributed by atoms with van der Waals surface area (Å²) in [6.07, 6.45) is -3.00. The van der Waals surface area contributed by atoms with Crippen molar-refractivity contribution in [3.05, 3.63) is 59.7 Å². The predicted molar refractivity (Wildman–Crippen MR) is 85.4 cm³/mol. The first-order chi connectivity index (χ1) is 12.2. The molecule has 1 atom stereocenters. The second-order valence-corrected chi connectivity index (χ2v) is 5.58. The van der Waals surface area contributed by atoms with E-state index in [1.165, 1.54) is 0 Å². The van der Waals surface area contributed by atoms with E-state index in [-0.39, 0.29) is 18.5 Å². The molecule has 26 heavy (non-hydrogen) atoms. The summed E-state index contributed by atoms with van der Waals surface area (Å²) in [4.78, 5) is 30.2. The fourth-order valence-electron chi connectivity index (χ4n) is 2.46. The molecule has 1 heterocycles. The van der Waals surface area contributed by atoms with Crippen molar-refractivity contribution in [2.75, 3.05) is 6.54 Å². The molecule has 0 bridgehead atoms. The molecule has 6 nitrogen and oxygen atoms in total. The molecule has 2 N–H and O–H groups in total. The van der Waals surface area contributed by atoms with Crippen LogP contribution >= 0.6 is 0 Å². The number of amides is 1. The quantitative estimate of drug-likeness (QED) is 0.819. The highest BCUT2D eigenvalue weighted by atomic mass is 19.4. The number of carbonyl (C=O) groups excluding carboxylic acids is 1. The molecule has 0 aliphatic heterocycles. The lowest BCUT2D eigenvalue weighted by Gasteiger charge is -2.29. The number of carboxylic acids is 1. The molecule has 2 aromatic rings. The maximum absolute atomic E-state index is 12.5. The number of nitrogens with zero attached hydrogens (tertiary/aromatic N) is 2. The lowest BCUT2D eigenvalue weighted by atomic mass is 9.78. The van der Waals surface area contributed by atoms with Gasteiger partial charge in [-0.15, -0.1) is 0 Å². The summed E-state index contributed by atoms with van der Waals surface area (Å²) < 4.78 is 37.4. The number of aliphatic carboxylic acids is 1. The Balaban J connectivity index is 2.19. The highest BCUT2D eigenvalue weighted by Crippen LogP contribution is 2.28. The van der Waals surface area contributed by atoms with Crippen LogP contribution < -0.4 is 5.32 Å². The van der Waals surface area contributed by atoms with Gasteiger partial charge in [-0.05, 0) is 12.0 Å². The maximum atomic E-state index is 12.5. The first-order valence-electron chi connectivity index (χ1n) is 7.67. The van der Waals surface area contributed by atoms with E-state index in [1.807, 2.05) is 0 Å². The lowest BCUT2D eigenvalue weighted by molar-refractivity contribution is -0.145. The van der Waals surface area contributed by atoms with Gasteiger partial charge < -0.3 is 10.4 Å². The summed E-state index contributed by atoms with van der Waals surface area (Å²) in [6, 6.07) is 8.41. The van der Waals surface area contributed by atoms with Crippen LogP contribution in [0.4, 0.5) is 13.2 Å². The van der Waals surface area contributed by atoms with Gasteiger partial charge in [0.25, 0.3) is 5.91 Å². The van der Waals surface area contributed by atoms with Gasteiger partial charge in [0.15, 0.2) is 0 Å². The molecule has 1 amide bonds. The van der Waals surface area contributed by atoms with Crippen LogP contribution in [0.5, 0.6) is 0 Å². The SMILES string of the molecule is CCC(CNC(=O)c1cnc(C(F)(F)F)nc1)(C(=O)O)c1ccccc1. The monoisotopic (exact) mass is 367 g/mol. The molecule has 0 aliphatic carbocycles. The van der Waals surface area contributed by atoms with E-state index < -0.39 is 29.3 Å². The molecule has 0 spiro atoms. The molecule has 138 valence electrons. The fourth-order valence-corrected chi connectivity index (χ4v) is 2.46. The van der Waals surface area contributed by atoms with Crippen LogP contribution in [0.2, 0.25) is 0 Å². The number of alkyl halides is 3. The largest absolute Gasteiger partial charge is 0.481 e. The van der Waals surface area contributed by atoms with Gasteiger partial charge in [0.05, 0.1) is 5.56 Å². The molecule has 0 saturated heterocycles. The zero-order chi connectivity index (χ0) is 19.4. The molecule has 1 aromatic carbocycles. The number of hydrogen-bond acceptors (Lipinski definition) is 4. The third-order valence-corrected chi connectivity index (χ3v) is 4.06. The Morgan fingerprint density at radius 1 is 1.12 bits per heavy atom. The van der Waals surface area contributed by atoms with Crippen molar-refractivity contribution in [1.29, 1.82) is 0 Å². The Morgan fingerprint density at radius 3 is 2.15 bits per heavy atom. The number of carboxylic acid groups (broad SMARTS) is 1. The molecule has 0 radical (unpaired) electrons. The standard InChI is InChI=1S/C17H16F3N3O3/c1-2-16(15(25)26,12-6-4-3-5-7-12)10-23-13(24)11-8-21-14(22-9-11)17(18,19)20/h3-9H,2,10H2,1H3,(H,23,24)(H,25,26). The average Bonchev–Trinajstić information content (AvgIpc) is 2.62. The Bertz CT molecular complexity index is 779. The van der Waals surface area contributed by atoms with Crippen molar-refractivity contribution in [2.24, 2.45) is 0 Å². The molecule has 0 aliphatic rings. The van der Waals surface area contributed by atoms with Crippen molar-refractivity contribution in [1.82, 2.24) is 15.3 Å². The molecule has 1 unspecified atom stereocenters. The molecule has 0 fully saturated rings. The Hall–Kier alpha value is -2.97. The Kier molecular flexibility index (Phi) is 5.59. The molecular weight excluding hydrogens is 351 g/mol. The van der Waals surface area contributed by atoms with Gasteiger partial charge in [0.2, 0.25) is 5.82 Å². The first-order valence-corrected chi connectivity index (χ1v) is 7.67. The number of hydrogen-bond donors (Lipinski definition) is 2. The number of benzene rings is 1. The number of carbonyl (C=O) groups is 2. The lowest BCUT2D eigenvalue weighted by Crippen LogP contribution is -2.46. The van der Waals surface area contributed by atoms with E-state index in [1.54, 1.807) is 37.3 Å². The fraction of sp³-hybridized carbons (Fsp3) is 0.294. The number of aromatic nitrogens is 2. The minimum atomic E-state index is -4.71. The highest BCUT2D eigenvalue weighted by Gasteiger charge is 2.39. The van der Waals surface area contributed by atoms with Gasteiger partial charge >= 0.3 is 12.1 Å². The molecule has 0 saturated carbocycles. The van der Waals surface area contributed by atoms with Crippen molar-refractivity contribution >= 4 is 11.9 Å². The van der Waals surface area contributed by atoms with E-state index in [4.69, 9.17) is 0 Å². The highest BCUT2D eigenvalue weighted by molar-refractivity contribution is 5.94. The zero-order valence-corrected chi connectivity index (χ0v) is 13.7. The van der Waals surface area contributed by atoms with Crippen LogP contribution in [0.1, 0.15) is 35.1 Å². The van der Waals surface area contributed by atoms with Crippen LogP contribution in [-0.4, -0.2) is 33.5 Å². The van der Waals surface area contributed by atoms with Crippen LogP contribution in [0.3, 0.4) is 0 Å². The average molecular weight is 367 g/mol. The number of halogens is 3. The Morgan fingerprint density at radius 2 is 1.69 bits per heavy atom. The van der Waals surface area contributed by atoms with E-state index in [0.29, 0.717) is 5.56 Å². The zero-order valence-electron chi connectivity index (χ0n) is 13.7. The summed E-state index contributed by atoms with van der Waals surface area (Å²) in [6.45, 7) is 1.44. The summed E-state index contributed by atoms with van der Waals surface area (Å²) in [5, 5.41) is 12.1.